The molecule has 5 heteroatoms. The van der Waals surface area contributed by atoms with Crippen LogP contribution in [-0.2, 0) is 19.4 Å². The van der Waals surface area contributed by atoms with Crippen molar-refractivity contribution in [2.24, 2.45) is 5.73 Å². The van der Waals surface area contributed by atoms with Gasteiger partial charge in [-0.15, -0.1) is 0 Å². The summed E-state index contributed by atoms with van der Waals surface area (Å²) in [6, 6.07) is 0. The molecule has 0 atom stereocenters. The molecule has 0 aliphatic carbocycles. The number of aryl methyl sites for hydroxylation is 2. The highest BCUT2D eigenvalue weighted by Gasteiger charge is 2.01. The highest BCUT2D eigenvalue weighted by molar-refractivity contribution is 4.99. The smallest absolute Gasteiger partial charge is 0.106 e. The Morgan fingerprint density at radius 3 is 3.06 bits per heavy atom. The van der Waals surface area contributed by atoms with Crippen molar-refractivity contribution in [3.8, 4) is 0 Å². The first-order valence-electron chi connectivity index (χ1n) is 5.57. The molecule has 0 bridgehead atoms. The number of aromatic amines is 1. The zero-order chi connectivity index (χ0) is 11.2. The second-order valence-corrected chi connectivity index (χ2v) is 3.76. The van der Waals surface area contributed by atoms with Crippen LogP contribution in [0.25, 0.3) is 0 Å². The lowest BCUT2D eigenvalue weighted by atomic mass is 10.2. The van der Waals surface area contributed by atoms with Gasteiger partial charge < -0.3 is 15.3 Å². The molecule has 86 valence electrons. The minimum Gasteiger partial charge on any atom is -0.349 e. The summed E-state index contributed by atoms with van der Waals surface area (Å²) in [6.07, 6.45) is 10.3. The van der Waals surface area contributed by atoms with Crippen LogP contribution in [0.1, 0.15) is 17.9 Å². The fourth-order valence-electron chi connectivity index (χ4n) is 1.76. The number of imidazole rings is 2. The van der Waals surface area contributed by atoms with Gasteiger partial charge in [-0.2, -0.15) is 0 Å². The lowest BCUT2D eigenvalue weighted by Gasteiger charge is -2.06. The number of hydrogen-bond donors (Lipinski definition) is 2. The number of aromatic nitrogens is 4. The fourth-order valence-corrected chi connectivity index (χ4v) is 1.76. The van der Waals surface area contributed by atoms with Crippen molar-refractivity contribution in [1.82, 2.24) is 19.5 Å². The second-order valence-electron chi connectivity index (χ2n) is 3.76. The van der Waals surface area contributed by atoms with Crippen molar-refractivity contribution < 1.29 is 0 Å². The third-order valence-corrected chi connectivity index (χ3v) is 2.57. The van der Waals surface area contributed by atoms with Gasteiger partial charge in [0, 0.05) is 43.7 Å². The van der Waals surface area contributed by atoms with Gasteiger partial charge in [-0.05, 0) is 13.0 Å². The summed E-state index contributed by atoms with van der Waals surface area (Å²) in [4.78, 5) is 11.4. The number of hydrogen-bond acceptors (Lipinski definition) is 3. The molecule has 3 N–H and O–H groups in total. The molecule has 0 radical (unpaired) electrons. The van der Waals surface area contributed by atoms with Crippen LogP contribution in [0.2, 0.25) is 0 Å². The van der Waals surface area contributed by atoms with Crippen LogP contribution in [0.4, 0.5) is 0 Å². The van der Waals surface area contributed by atoms with Gasteiger partial charge in [0.25, 0.3) is 0 Å². The standard InChI is InChI=1S/C11H17N5/c12-4-3-10-8-13-9-16(10)7-1-2-11-14-5-6-15-11/h5-6,8-9H,1-4,7,12H2,(H,14,15). The topological polar surface area (TPSA) is 72.5 Å². The number of nitrogens with zero attached hydrogens (tertiary/aromatic N) is 3. The van der Waals surface area contributed by atoms with E-state index < -0.39 is 0 Å². The third kappa shape index (κ3) is 2.70. The Labute approximate surface area is 94.7 Å². The van der Waals surface area contributed by atoms with E-state index in [1.54, 1.807) is 6.20 Å². The van der Waals surface area contributed by atoms with Crippen molar-refractivity contribution in [3.63, 3.8) is 0 Å². The molecule has 0 fully saturated rings. The van der Waals surface area contributed by atoms with Crippen molar-refractivity contribution in [2.75, 3.05) is 6.54 Å². The molecular weight excluding hydrogens is 202 g/mol. The van der Waals surface area contributed by atoms with Crippen LogP contribution >= 0.6 is 0 Å². The predicted molar refractivity (Wildman–Crippen MR) is 61.9 cm³/mol. The van der Waals surface area contributed by atoms with Gasteiger partial charge in [0.15, 0.2) is 0 Å². The van der Waals surface area contributed by atoms with Crippen LogP contribution in [0, 0.1) is 0 Å². The number of nitrogens with one attached hydrogen (secondary N) is 1. The molecule has 5 nitrogen and oxygen atoms in total. The van der Waals surface area contributed by atoms with Gasteiger partial charge in [-0.25, -0.2) is 9.97 Å². The Balaban J connectivity index is 1.82. The summed E-state index contributed by atoms with van der Waals surface area (Å²) in [6.45, 7) is 1.64. The molecule has 2 heterocycles. The zero-order valence-electron chi connectivity index (χ0n) is 9.26. The van der Waals surface area contributed by atoms with Gasteiger partial charge in [-0.1, -0.05) is 0 Å². The molecule has 16 heavy (non-hydrogen) atoms. The largest absolute Gasteiger partial charge is 0.349 e. The molecule has 0 amide bonds. The van der Waals surface area contributed by atoms with Crippen LogP contribution in [0.3, 0.4) is 0 Å². The van der Waals surface area contributed by atoms with E-state index >= 15 is 0 Å². The lowest BCUT2D eigenvalue weighted by Crippen LogP contribution is -2.09. The Morgan fingerprint density at radius 2 is 2.31 bits per heavy atom. The maximum absolute atomic E-state index is 5.54. The molecule has 0 saturated heterocycles. The molecule has 0 aliphatic heterocycles. The van der Waals surface area contributed by atoms with Crippen molar-refractivity contribution >= 4 is 0 Å². The van der Waals surface area contributed by atoms with E-state index in [2.05, 4.69) is 19.5 Å². The molecule has 0 aliphatic rings. The molecule has 0 spiro atoms. The van der Waals surface area contributed by atoms with E-state index in [0.717, 1.165) is 31.6 Å². The van der Waals surface area contributed by atoms with Gasteiger partial charge in [-0.3, -0.25) is 0 Å². The summed E-state index contributed by atoms with van der Waals surface area (Å²) in [7, 11) is 0. The molecule has 0 aromatic carbocycles. The maximum atomic E-state index is 5.54. The Bertz CT molecular complexity index is 404. The van der Waals surface area contributed by atoms with Crippen LogP contribution < -0.4 is 5.73 Å². The Kier molecular flexibility index (Phi) is 3.71. The average molecular weight is 219 g/mol. The second kappa shape index (κ2) is 5.46. The van der Waals surface area contributed by atoms with Gasteiger partial charge >= 0.3 is 0 Å². The van der Waals surface area contributed by atoms with Crippen LogP contribution in [0.15, 0.2) is 24.9 Å². The minimum atomic E-state index is 0.671. The lowest BCUT2D eigenvalue weighted by molar-refractivity contribution is 0.607. The summed E-state index contributed by atoms with van der Waals surface area (Å²) >= 11 is 0. The summed E-state index contributed by atoms with van der Waals surface area (Å²) in [5, 5.41) is 0. The van der Waals surface area contributed by atoms with E-state index in [1.807, 2.05) is 18.7 Å². The third-order valence-electron chi connectivity index (χ3n) is 2.57. The molecule has 2 rings (SSSR count). The number of H-pyrrole nitrogens is 1. The first-order chi connectivity index (χ1) is 7.90. The minimum absolute atomic E-state index is 0.671. The van der Waals surface area contributed by atoms with E-state index in [0.29, 0.717) is 6.54 Å². The predicted octanol–water partition coefficient (Wildman–Crippen LogP) is 0.740. The molecule has 2 aromatic rings. The quantitative estimate of drug-likeness (QED) is 0.752. The van der Waals surface area contributed by atoms with Crippen molar-refractivity contribution in [2.45, 2.75) is 25.8 Å². The Morgan fingerprint density at radius 1 is 1.38 bits per heavy atom. The molecule has 0 unspecified atom stereocenters. The molecular formula is C11H17N5. The zero-order valence-corrected chi connectivity index (χ0v) is 9.26. The average Bonchev–Trinajstić information content (AvgIpc) is 2.91. The maximum Gasteiger partial charge on any atom is 0.106 e. The van der Waals surface area contributed by atoms with E-state index in [-0.39, 0.29) is 0 Å². The monoisotopic (exact) mass is 219 g/mol. The van der Waals surface area contributed by atoms with Gasteiger partial charge in [0.2, 0.25) is 0 Å². The van der Waals surface area contributed by atoms with Crippen molar-refractivity contribution in [3.05, 3.63) is 36.4 Å². The summed E-state index contributed by atoms with van der Waals surface area (Å²) in [5.74, 6) is 1.04. The van der Waals surface area contributed by atoms with Gasteiger partial charge in [0.05, 0.1) is 6.33 Å². The highest BCUT2D eigenvalue weighted by Crippen LogP contribution is 2.03. The molecule has 2 aromatic heterocycles. The molecule has 0 saturated carbocycles. The fraction of sp³-hybridized carbons (Fsp3) is 0.455. The summed E-state index contributed by atoms with van der Waals surface area (Å²) < 4.78 is 2.16. The van der Waals surface area contributed by atoms with E-state index in [4.69, 9.17) is 5.73 Å². The van der Waals surface area contributed by atoms with Crippen molar-refractivity contribution in [1.29, 1.82) is 0 Å². The first-order valence-corrected chi connectivity index (χ1v) is 5.57. The Hall–Kier alpha value is -1.62. The van der Waals surface area contributed by atoms with Crippen LogP contribution in [0.5, 0.6) is 0 Å². The highest BCUT2D eigenvalue weighted by atomic mass is 15.0. The van der Waals surface area contributed by atoms with E-state index in [1.165, 1.54) is 5.69 Å². The van der Waals surface area contributed by atoms with E-state index in [9.17, 15) is 0 Å². The van der Waals surface area contributed by atoms with Crippen LogP contribution in [-0.4, -0.2) is 26.1 Å². The normalized spacial score (nSPS) is 10.8. The first kappa shape index (κ1) is 10.9. The number of nitrogens with two attached hydrogens (primary N) is 1. The SMILES string of the molecule is NCCc1cncn1CCCc1ncc[nH]1. The number of rotatable bonds is 6. The summed E-state index contributed by atoms with van der Waals surface area (Å²) in [5.41, 5.74) is 6.75. The van der Waals surface area contributed by atoms with Gasteiger partial charge in [0.1, 0.15) is 5.82 Å².